The number of nitrogens with zero attached hydrogens (tertiary/aromatic N) is 3. The summed E-state index contributed by atoms with van der Waals surface area (Å²) in [7, 11) is 0. The summed E-state index contributed by atoms with van der Waals surface area (Å²) in [5, 5.41) is 8.27. The highest BCUT2D eigenvalue weighted by Crippen LogP contribution is 2.45. The molecule has 0 spiro atoms. The molecule has 2 aromatic heterocycles. The third kappa shape index (κ3) is 2.48. The first kappa shape index (κ1) is 16.0. The van der Waals surface area contributed by atoms with Crippen molar-refractivity contribution in [1.82, 2.24) is 14.8 Å². The Morgan fingerprint density at radius 3 is 2.96 bits per heavy atom. The van der Waals surface area contributed by atoms with Gasteiger partial charge in [0.05, 0.1) is 6.20 Å². The Morgan fingerprint density at radius 2 is 2.11 bits per heavy atom. The zero-order valence-corrected chi connectivity index (χ0v) is 15.8. The molecule has 4 heteroatoms. The van der Waals surface area contributed by atoms with Crippen LogP contribution in [-0.2, 0) is 6.54 Å². The van der Waals surface area contributed by atoms with Gasteiger partial charge in [0.1, 0.15) is 0 Å². The van der Waals surface area contributed by atoms with E-state index in [-0.39, 0.29) is 0 Å². The molecule has 2 saturated heterocycles. The van der Waals surface area contributed by atoms with E-state index in [9.17, 15) is 0 Å². The standard InChI is InChI=1S/C24H23N4/c1-2-4-21(5-3-1)28-22-7-9-24(28)19(13-22)16-27-11-10-18-12-17(6-8-23(18)27)20-14-25-26-15-20/h1-4,6,8,10-12,14-15,19,22,24H,7,9,13,16H2,(H,25,26). The molecule has 0 aliphatic carbocycles. The topological polar surface area (TPSA) is 36.9 Å². The number of hydrogen-bond donors (Lipinski definition) is 1. The minimum Gasteiger partial charge on any atom is -0.365 e. The number of aromatic amines is 1. The highest BCUT2D eigenvalue weighted by atomic mass is 15.3. The Hall–Kier alpha value is -3.01. The fraction of sp³-hybridized carbons (Fsp3) is 0.292. The minimum atomic E-state index is 0.645. The quantitative estimate of drug-likeness (QED) is 0.558. The first-order valence-electron chi connectivity index (χ1n) is 10.2. The third-order valence-corrected chi connectivity index (χ3v) is 6.67. The van der Waals surface area contributed by atoms with Crippen LogP contribution in [0.15, 0.2) is 67.1 Å². The van der Waals surface area contributed by atoms with Gasteiger partial charge in [-0.05, 0) is 55.0 Å². The smallest absolute Gasteiger partial charge is 0.0565 e. The number of H-pyrrole nitrogens is 1. The maximum absolute atomic E-state index is 4.07. The molecule has 0 saturated carbocycles. The molecule has 4 heterocycles. The lowest BCUT2D eigenvalue weighted by Gasteiger charge is -2.26. The van der Waals surface area contributed by atoms with Gasteiger partial charge < -0.3 is 9.47 Å². The van der Waals surface area contributed by atoms with Gasteiger partial charge in [-0.2, -0.15) is 5.10 Å². The molecule has 2 aliphatic heterocycles. The van der Waals surface area contributed by atoms with Gasteiger partial charge in [-0.1, -0.05) is 24.3 Å². The van der Waals surface area contributed by atoms with Gasteiger partial charge in [-0.3, -0.25) is 5.10 Å². The summed E-state index contributed by atoms with van der Waals surface area (Å²) in [5.41, 5.74) is 4.95. The van der Waals surface area contributed by atoms with Gasteiger partial charge in [0, 0.05) is 59.2 Å². The van der Waals surface area contributed by atoms with E-state index in [4.69, 9.17) is 0 Å². The fourth-order valence-corrected chi connectivity index (χ4v) is 5.43. The minimum absolute atomic E-state index is 0.645. The predicted octanol–water partition coefficient (Wildman–Crippen LogP) is 4.89. The number of hydrogen-bond acceptors (Lipinski definition) is 2. The number of anilines is 1. The summed E-state index contributed by atoms with van der Waals surface area (Å²) in [6, 6.07) is 22.2. The fourth-order valence-electron chi connectivity index (χ4n) is 5.43. The Labute approximate surface area is 164 Å². The molecule has 3 atom stereocenters. The second-order valence-corrected chi connectivity index (χ2v) is 8.18. The van der Waals surface area contributed by atoms with Gasteiger partial charge in [-0.25, -0.2) is 0 Å². The molecule has 4 nitrogen and oxygen atoms in total. The lowest BCUT2D eigenvalue weighted by molar-refractivity contribution is 0.365. The Balaban J connectivity index is 1.27. The van der Waals surface area contributed by atoms with Crippen molar-refractivity contribution in [3.63, 3.8) is 0 Å². The second-order valence-electron chi connectivity index (χ2n) is 8.18. The molecular formula is C24H23N4. The van der Waals surface area contributed by atoms with Crippen LogP contribution in [0.25, 0.3) is 22.0 Å². The Bertz CT molecular complexity index is 1100. The summed E-state index contributed by atoms with van der Waals surface area (Å²) >= 11 is 0. The highest BCUT2D eigenvalue weighted by Gasteiger charge is 2.46. The van der Waals surface area contributed by atoms with Crippen molar-refractivity contribution in [1.29, 1.82) is 0 Å². The summed E-state index contributed by atoms with van der Waals surface area (Å²) in [6.45, 7) is 1.10. The lowest BCUT2D eigenvalue weighted by atomic mass is 9.89. The van der Waals surface area contributed by atoms with Gasteiger partial charge in [-0.15, -0.1) is 0 Å². The monoisotopic (exact) mass is 367 g/mol. The molecule has 2 bridgehead atoms. The average molecular weight is 367 g/mol. The maximum Gasteiger partial charge on any atom is 0.0565 e. The molecule has 0 amide bonds. The number of benzene rings is 2. The first-order chi connectivity index (χ1) is 13.9. The Morgan fingerprint density at radius 1 is 1.11 bits per heavy atom. The van der Waals surface area contributed by atoms with Crippen LogP contribution in [-0.4, -0.2) is 26.8 Å². The van der Waals surface area contributed by atoms with E-state index in [1.165, 1.54) is 41.4 Å². The molecule has 1 N–H and O–H groups in total. The van der Waals surface area contributed by atoms with Gasteiger partial charge in [0.25, 0.3) is 0 Å². The van der Waals surface area contributed by atoms with Crippen LogP contribution >= 0.6 is 0 Å². The van der Waals surface area contributed by atoms with Crippen LogP contribution in [0.5, 0.6) is 0 Å². The normalized spacial score (nSPS) is 23.7. The summed E-state index contributed by atoms with van der Waals surface area (Å²) in [4.78, 5) is 2.65. The third-order valence-electron chi connectivity index (χ3n) is 6.67. The van der Waals surface area contributed by atoms with E-state index in [1.54, 1.807) is 0 Å². The van der Waals surface area contributed by atoms with Gasteiger partial charge in [0.2, 0.25) is 0 Å². The van der Waals surface area contributed by atoms with Crippen molar-refractivity contribution in [2.75, 3.05) is 4.90 Å². The van der Waals surface area contributed by atoms with E-state index < -0.39 is 0 Å². The predicted molar refractivity (Wildman–Crippen MR) is 112 cm³/mol. The molecule has 2 aromatic carbocycles. The number of aromatic nitrogens is 3. The van der Waals surface area contributed by atoms with Crippen LogP contribution in [0, 0.1) is 12.0 Å². The van der Waals surface area contributed by atoms with E-state index in [2.05, 4.69) is 74.4 Å². The highest BCUT2D eigenvalue weighted by molar-refractivity contribution is 5.85. The van der Waals surface area contributed by atoms with Crippen molar-refractivity contribution >= 4 is 16.6 Å². The van der Waals surface area contributed by atoms with E-state index in [1.807, 2.05) is 18.5 Å². The number of fused-ring (bicyclic) bond motifs is 3. The first-order valence-corrected chi connectivity index (χ1v) is 10.2. The van der Waals surface area contributed by atoms with Crippen molar-refractivity contribution in [3.05, 3.63) is 73.2 Å². The summed E-state index contributed by atoms with van der Waals surface area (Å²) in [5.74, 6) is 0.705. The van der Waals surface area contributed by atoms with Crippen LogP contribution in [0.4, 0.5) is 5.69 Å². The number of para-hydroxylation sites is 1. The molecule has 28 heavy (non-hydrogen) atoms. The van der Waals surface area contributed by atoms with Crippen molar-refractivity contribution in [2.45, 2.75) is 37.9 Å². The largest absolute Gasteiger partial charge is 0.365 e. The van der Waals surface area contributed by atoms with Crippen LogP contribution in [0.1, 0.15) is 19.3 Å². The molecule has 4 aromatic rings. The Kier molecular flexibility index (Phi) is 3.58. The molecule has 139 valence electrons. The van der Waals surface area contributed by atoms with Crippen molar-refractivity contribution < 1.29 is 0 Å². The number of nitrogens with one attached hydrogen (secondary N) is 1. The molecule has 1 radical (unpaired) electrons. The zero-order chi connectivity index (χ0) is 18.5. The van der Waals surface area contributed by atoms with Gasteiger partial charge >= 0.3 is 0 Å². The molecule has 6 rings (SSSR count). The van der Waals surface area contributed by atoms with Gasteiger partial charge in [0.15, 0.2) is 0 Å². The van der Waals surface area contributed by atoms with E-state index in [0.29, 0.717) is 18.0 Å². The summed E-state index contributed by atoms with van der Waals surface area (Å²) in [6.07, 6.45) is 10.0. The molecular weight excluding hydrogens is 344 g/mol. The van der Waals surface area contributed by atoms with E-state index >= 15 is 0 Å². The lowest BCUT2D eigenvalue weighted by Crippen LogP contribution is -2.31. The van der Waals surface area contributed by atoms with Crippen LogP contribution < -0.4 is 4.90 Å². The van der Waals surface area contributed by atoms with Crippen LogP contribution in [0.3, 0.4) is 0 Å². The second kappa shape index (κ2) is 6.26. The summed E-state index contributed by atoms with van der Waals surface area (Å²) < 4.78 is 2.45. The SMILES string of the molecule is [c]1ccccc1N1C2CCC1C(Cn1ccc3cc(-c4cn[nH]c4)ccc31)C2. The number of rotatable bonds is 4. The van der Waals surface area contributed by atoms with E-state index in [0.717, 1.165) is 12.1 Å². The molecule has 2 fully saturated rings. The average Bonchev–Trinajstić information content (AvgIpc) is 3.52. The maximum atomic E-state index is 4.07. The molecule has 3 unspecified atom stereocenters. The van der Waals surface area contributed by atoms with Crippen molar-refractivity contribution in [2.24, 2.45) is 5.92 Å². The zero-order valence-electron chi connectivity index (χ0n) is 15.8. The molecule has 2 aliphatic rings. The van der Waals surface area contributed by atoms with Crippen LogP contribution in [0.2, 0.25) is 0 Å². The van der Waals surface area contributed by atoms with Crippen molar-refractivity contribution in [3.8, 4) is 11.1 Å².